The molecule has 0 aliphatic carbocycles. The Morgan fingerprint density at radius 2 is 1.95 bits per heavy atom. The maximum atomic E-state index is 13.3. The Bertz CT molecular complexity index is 1690. The minimum Gasteiger partial charge on any atom is -0.383 e. The summed E-state index contributed by atoms with van der Waals surface area (Å²) in [5.74, 6) is -0.0667. The van der Waals surface area contributed by atoms with E-state index >= 15 is 0 Å². The average molecular weight is 565 g/mol. The van der Waals surface area contributed by atoms with E-state index in [1.165, 1.54) is 17.0 Å². The van der Waals surface area contributed by atoms with E-state index in [2.05, 4.69) is 9.71 Å². The molecule has 0 unspecified atom stereocenters. The molecule has 2 bridgehead atoms. The van der Waals surface area contributed by atoms with Gasteiger partial charge in [0.05, 0.1) is 11.4 Å². The Morgan fingerprint density at radius 1 is 1.12 bits per heavy atom. The monoisotopic (exact) mass is 564 g/mol. The fraction of sp³-hybridized carbons (Fsp3) is 0.429. The van der Waals surface area contributed by atoms with E-state index in [0.29, 0.717) is 44.4 Å². The molecule has 0 saturated carbocycles. The third-order valence-corrected chi connectivity index (χ3v) is 9.73. The number of benzene rings is 1. The Balaban J connectivity index is 1.14. The molecule has 3 aliphatic heterocycles. The van der Waals surface area contributed by atoms with E-state index < -0.39 is 22.0 Å². The van der Waals surface area contributed by atoms with Crippen molar-refractivity contribution < 1.29 is 18.0 Å². The molecule has 2 aromatic heterocycles. The van der Waals surface area contributed by atoms with Gasteiger partial charge in [0.2, 0.25) is 21.8 Å². The molecular weight excluding hydrogens is 532 g/mol. The van der Waals surface area contributed by atoms with Gasteiger partial charge in [0.25, 0.3) is 5.56 Å². The Hall–Kier alpha value is -3.77. The molecule has 3 N–H and O–H groups in total. The zero-order valence-electron chi connectivity index (χ0n) is 22.2. The first-order valence-electron chi connectivity index (χ1n) is 13.5. The van der Waals surface area contributed by atoms with Crippen molar-refractivity contribution in [1.29, 1.82) is 0 Å². The summed E-state index contributed by atoms with van der Waals surface area (Å²) in [4.78, 5) is 46.4. The van der Waals surface area contributed by atoms with Crippen LogP contribution in [0, 0.1) is 12.8 Å². The van der Waals surface area contributed by atoms with Gasteiger partial charge in [-0.3, -0.25) is 14.4 Å². The number of piperidine rings is 2. The van der Waals surface area contributed by atoms with E-state index in [0.717, 1.165) is 23.2 Å². The first kappa shape index (κ1) is 26.5. The van der Waals surface area contributed by atoms with Crippen LogP contribution < -0.4 is 16.0 Å². The van der Waals surface area contributed by atoms with E-state index in [-0.39, 0.29) is 40.6 Å². The van der Waals surface area contributed by atoms with Gasteiger partial charge in [0, 0.05) is 54.9 Å². The summed E-state index contributed by atoms with van der Waals surface area (Å²) in [5.41, 5.74) is 7.69. The Labute approximate surface area is 232 Å². The number of sulfonamides is 1. The van der Waals surface area contributed by atoms with Crippen molar-refractivity contribution in [2.45, 2.75) is 49.6 Å². The third kappa shape index (κ3) is 4.86. The average Bonchev–Trinajstić information content (AvgIpc) is 2.91. The number of likely N-dealkylation sites (tertiary alicyclic amines) is 2. The Morgan fingerprint density at radius 3 is 2.77 bits per heavy atom. The zero-order valence-corrected chi connectivity index (χ0v) is 23.1. The molecule has 2 saturated heterocycles. The summed E-state index contributed by atoms with van der Waals surface area (Å²) in [6, 6.07) is 10.7. The van der Waals surface area contributed by atoms with E-state index in [1.54, 1.807) is 23.1 Å². The highest BCUT2D eigenvalue weighted by atomic mass is 32.2. The second-order valence-electron chi connectivity index (χ2n) is 11.1. The summed E-state index contributed by atoms with van der Waals surface area (Å²) in [5, 5.41) is 1.30. The van der Waals surface area contributed by atoms with Crippen LogP contribution in [0.15, 0.2) is 52.2 Å². The molecule has 3 atom stereocenters. The molecule has 210 valence electrons. The summed E-state index contributed by atoms with van der Waals surface area (Å²) < 4.78 is 30.8. The number of carbonyl (C=O) groups is 2. The first-order valence-corrected chi connectivity index (χ1v) is 15.0. The summed E-state index contributed by atoms with van der Waals surface area (Å²) in [6.45, 7) is 3.71. The number of aryl methyl sites for hydroxylation is 1. The molecule has 11 nitrogen and oxygen atoms in total. The van der Waals surface area contributed by atoms with Crippen molar-refractivity contribution in [1.82, 2.24) is 24.1 Å². The summed E-state index contributed by atoms with van der Waals surface area (Å²) in [7, 11) is -4.03. The van der Waals surface area contributed by atoms with Crippen LogP contribution in [0.2, 0.25) is 0 Å². The number of anilines is 1. The second kappa shape index (κ2) is 10.0. The maximum Gasteiger partial charge on any atom is 0.250 e. The van der Waals surface area contributed by atoms with Gasteiger partial charge in [-0.05, 0) is 61.8 Å². The number of pyridine rings is 2. The lowest BCUT2D eigenvalue weighted by molar-refractivity contribution is -0.144. The van der Waals surface area contributed by atoms with Gasteiger partial charge in [-0.2, -0.15) is 4.72 Å². The lowest BCUT2D eigenvalue weighted by Gasteiger charge is -2.43. The molecule has 5 heterocycles. The molecule has 3 aliphatic rings. The molecule has 0 radical (unpaired) electrons. The second-order valence-corrected chi connectivity index (χ2v) is 12.8. The molecule has 2 fully saturated rings. The van der Waals surface area contributed by atoms with E-state index in [4.69, 9.17) is 5.73 Å². The lowest BCUT2D eigenvalue weighted by atomic mass is 9.83. The predicted molar refractivity (Wildman–Crippen MR) is 149 cm³/mol. The highest BCUT2D eigenvalue weighted by Crippen LogP contribution is 2.35. The van der Waals surface area contributed by atoms with Gasteiger partial charge < -0.3 is 20.1 Å². The van der Waals surface area contributed by atoms with Crippen molar-refractivity contribution in [2.24, 2.45) is 5.92 Å². The van der Waals surface area contributed by atoms with Crippen LogP contribution in [-0.2, 0) is 26.2 Å². The van der Waals surface area contributed by atoms with Crippen LogP contribution in [0.5, 0.6) is 0 Å². The minimum absolute atomic E-state index is 0.00222. The molecule has 3 aromatic rings. The maximum absolute atomic E-state index is 13.3. The number of nitrogens with two attached hydrogens (primary N) is 1. The van der Waals surface area contributed by atoms with Gasteiger partial charge in [-0.15, -0.1) is 0 Å². The topological polar surface area (TPSA) is 148 Å². The van der Waals surface area contributed by atoms with Gasteiger partial charge in [-0.25, -0.2) is 13.4 Å². The molecule has 40 heavy (non-hydrogen) atoms. The largest absolute Gasteiger partial charge is 0.383 e. The number of amides is 2. The number of nitrogens with zero attached hydrogens (tertiary/aromatic N) is 4. The summed E-state index contributed by atoms with van der Waals surface area (Å²) >= 11 is 0. The van der Waals surface area contributed by atoms with Crippen LogP contribution in [0.25, 0.3) is 10.8 Å². The number of carbonyl (C=O) groups excluding carboxylic acids is 2. The van der Waals surface area contributed by atoms with Crippen LogP contribution in [0.4, 0.5) is 5.82 Å². The zero-order chi connectivity index (χ0) is 28.2. The third-order valence-electron chi connectivity index (χ3n) is 8.26. The van der Waals surface area contributed by atoms with Crippen molar-refractivity contribution in [3.63, 3.8) is 0 Å². The number of aromatic nitrogens is 2. The fourth-order valence-electron chi connectivity index (χ4n) is 6.38. The molecule has 6 rings (SSSR count). The van der Waals surface area contributed by atoms with Crippen LogP contribution in [0.3, 0.4) is 0 Å². The van der Waals surface area contributed by atoms with Gasteiger partial charge in [0.15, 0.2) is 0 Å². The fourth-order valence-corrected chi connectivity index (χ4v) is 7.63. The van der Waals surface area contributed by atoms with Crippen molar-refractivity contribution in [3.8, 4) is 0 Å². The lowest BCUT2D eigenvalue weighted by Crippen LogP contribution is -2.56. The van der Waals surface area contributed by atoms with Gasteiger partial charge in [-0.1, -0.05) is 12.1 Å². The van der Waals surface area contributed by atoms with Gasteiger partial charge >= 0.3 is 0 Å². The quantitative estimate of drug-likeness (QED) is 0.473. The van der Waals surface area contributed by atoms with Crippen molar-refractivity contribution in [2.75, 3.05) is 31.9 Å². The standard InChI is InChI=1S/C28H32N6O5S/c1-17-10-19-7-8-21(12-22(19)27(29)30-17)40(38,39)31-23-4-3-9-32(28(23)37)16-26(36)33-13-18-11-20(15-33)24-5-2-6-25(35)34(24)14-18/h2,5-8,10,12,18,20,23,31H,3-4,9,11,13-16H2,1H3,(H2,29,30)/t18-,20+,23-/m0/s1. The highest BCUT2D eigenvalue weighted by Gasteiger charge is 2.38. The highest BCUT2D eigenvalue weighted by molar-refractivity contribution is 7.89. The molecule has 0 spiro atoms. The number of rotatable bonds is 5. The SMILES string of the molecule is Cc1cc2ccc(S(=O)(=O)N[C@H]3CCCN(CC(=O)N4C[C@@H]5C[C@H](C4)c4cccc(=O)n4C5)C3=O)cc2c(N)n1. The predicted octanol–water partition coefficient (Wildman–Crippen LogP) is 1.20. The van der Waals surface area contributed by atoms with Gasteiger partial charge in [0.1, 0.15) is 11.9 Å². The molecule has 2 amide bonds. The Kier molecular flexibility index (Phi) is 6.62. The van der Waals surface area contributed by atoms with Crippen LogP contribution in [0.1, 0.15) is 36.6 Å². The first-order chi connectivity index (χ1) is 19.1. The molecular formula is C28H32N6O5S. The summed E-state index contributed by atoms with van der Waals surface area (Å²) in [6.07, 6.45) is 1.84. The van der Waals surface area contributed by atoms with Crippen LogP contribution in [-0.4, -0.2) is 71.8 Å². The smallest absolute Gasteiger partial charge is 0.250 e. The molecule has 12 heteroatoms. The number of hydrogen-bond acceptors (Lipinski definition) is 7. The number of nitrogens with one attached hydrogen (secondary N) is 1. The van der Waals surface area contributed by atoms with Crippen LogP contribution >= 0.6 is 0 Å². The number of nitrogen functional groups attached to an aromatic ring is 1. The number of hydrogen-bond donors (Lipinski definition) is 2. The van der Waals surface area contributed by atoms with Crippen molar-refractivity contribution >= 4 is 38.4 Å². The van der Waals surface area contributed by atoms with Crippen molar-refractivity contribution in [3.05, 3.63) is 64.2 Å². The number of fused-ring (bicyclic) bond motifs is 5. The minimum atomic E-state index is -4.03. The normalized spacial score (nSPS) is 22.8. The van der Waals surface area contributed by atoms with E-state index in [1.807, 2.05) is 23.6 Å². The molecule has 1 aromatic carbocycles. The van der Waals surface area contributed by atoms with E-state index in [9.17, 15) is 22.8 Å².